The molecule has 0 saturated carbocycles. The fourth-order valence-corrected chi connectivity index (χ4v) is 2.97. The molecule has 0 spiro atoms. The van der Waals surface area contributed by atoms with Gasteiger partial charge in [0, 0.05) is 32.1 Å². The number of hydrogen-bond donors (Lipinski definition) is 0. The van der Waals surface area contributed by atoms with Gasteiger partial charge in [0.15, 0.2) is 0 Å². The molecule has 3 nitrogen and oxygen atoms in total. The third kappa shape index (κ3) is 3.29. The minimum atomic E-state index is 0.334. The van der Waals surface area contributed by atoms with Crippen LogP contribution in [0, 0.1) is 0 Å². The van der Waals surface area contributed by atoms with Crippen LogP contribution in [0.25, 0.3) is 0 Å². The topological polar surface area (TPSA) is 23.6 Å². The maximum atomic E-state index is 10.8. The number of carbonyl (C=O) groups excluding carboxylic acids is 1. The minimum absolute atomic E-state index is 0.334. The van der Waals surface area contributed by atoms with Gasteiger partial charge in [-0.25, -0.2) is 0 Å². The quantitative estimate of drug-likeness (QED) is 0.662. The second kappa shape index (κ2) is 5.78. The fourth-order valence-electron chi connectivity index (χ4n) is 2.97. The lowest BCUT2D eigenvalue weighted by Gasteiger charge is -2.37. The first-order chi connectivity index (χ1) is 7.75. The molecule has 0 bridgehead atoms. The van der Waals surface area contributed by atoms with Gasteiger partial charge in [0.25, 0.3) is 0 Å². The predicted octanol–water partition coefficient (Wildman–Crippen LogP) is 1.53. The molecule has 1 unspecified atom stereocenters. The molecule has 2 saturated heterocycles. The van der Waals surface area contributed by atoms with Gasteiger partial charge in [0.2, 0.25) is 0 Å². The van der Waals surface area contributed by atoms with E-state index in [4.69, 9.17) is 0 Å². The van der Waals surface area contributed by atoms with Gasteiger partial charge in [-0.3, -0.25) is 4.90 Å². The molecule has 2 aliphatic heterocycles. The molecule has 0 aromatic rings. The van der Waals surface area contributed by atoms with Gasteiger partial charge in [0.1, 0.15) is 5.78 Å². The number of ketones is 1. The number of fused-ring (bicyclic) bond motifs is 1. The van der Waals surface area contributed by atoms with Gasteiger partial charge < -0.3 is 9.69 Å². The van der Waals surface area contributed by atoms with Crippen LogP contribution in [-0.2, 0) is 4.79 Å². The summed E-state index contributed by atoms with van der Waals surface area (Å²) in [6.45, 7) is 7.96. The Kier molecular flexibility index (Phi) is 4.36. The summed E-state index contributed by atoms with van der Waals surface area (Å²) in [6.07, 6.45) is 5.81. The van der Waals surface area contributed by atoms with Crippen molar-refractivity contribution < 1.29 is 4.79 Å². The highest BCUT2D eigenvalue weighted by Crippen LogP contribution is 2.21. The van der Waals surface area contributed by atoms with E-state index in [-0.39, 0.29) is 0 Å². The summed E-state index contributed by atoms with van der Waals surface area (Å²) in [7, 11) is 0. The molecule has 3 heteroatoms. The number of unbranched alkanes of at least 4 members (excludes halogenated alkanes) is 1. The first kappa shape index (κ1) is 12.1. The highest BCUT2D eigenvalue weighted by atomic mass is 16.1. The highest BCUT2D eigenvalue weighted by Gasteiger charge is 2.29. The molecule has 0 aromatic carbocycles. The Morgan fingerprint density at radius 1 is 1.25 bits per heavy atom. The van der Waals surface area contributed by atoms with Crippen molar-refractivity contribution in [3.05, 3.63) is 0 Å². The van der Waals surface area contributed by atoms with Crippen molar-refractivity contribution in [1.82, 2.24) is 9.80 Å². The van der Waals surface area contributed by atoms with Gasteiger partial charge in [-0.05, 0) is 45.7 Å². The first-order valence-electron chi connectivity index (χ1n) is 6.71. The van der Waals surface area contributed by atoms with E-state index in [9.17, 15) is 4.79 Å². The average molecular weight is 224 g/mol. The van der Waals surface area contributed by atoms with Crippen molar-refractivity contribution >= 4 is 5.78 Å². The monoisotopic (exact) mass is 224 g/mol. The third-order valence-corrected chi connectivity index (χ3v) is 3.92. The van der Waals surface area contributed by atoms with Crippen LogP contribution in [0.1, 0.15) is 39.0 Å². The number of piperazine rings is 1. The summed E-state index contributed by atoms with van der Waals surface area (Å²) in [5.41, 5.74) is 0. The summed E-state index contributed by atoms with van der Waals surface area (Å²) in [4.78, 5) is 16.1. The van der Waals surface area contributed by atoms with Crippen LogP contribution in [0.5, 0.6) is 0 Å². The molecular weight excluding hydrogens is 200 g/mol. The van der Waals surface area contributed by atoms with E-state index in [0.717, 1.165) is 18.9 Å². The number of rotatable bonds is 5. The molecule has 0 aromatic heterocycles. The van der Waals surface area contributed by atoms with Crippen LogP contribution < -0.4 is 0 Å². The van der Waals surface area contributed by atoms with Crippen LogP contribution in [0.2, 0.25) is 0 Å². The summed E-state index contributed by atoms with van der Waals surface area (Å²) >= 11 is 0. The molecule has 1 atom stereocenters. The van der Waals surface area contributed by atoms with Gasteiger partial charge in [-0.2, -0.15) is 0 Å². The van der Waals surface area contributed by atoms with E-state index in [1.165, 1.54) is 52.0 Å². The summed E-state index contributed by atoms with van der Waals surface area (Å²) in [5.74, 6) is 0.334. The largest absolute Gasteiger partial charge is 0.301 e. The Bertz CT molecular complexity index is 242. The average Bonchev–Trinajstić information content (AvgIpc) is 2.71. The van der Waals surface area contributed by atoms with E-state index in [1.54, 1.807) is 6.92 Å². The molecule has 0 amide bonds. The summed E-state index contributed by atoms with van der Waals surface area (Å²) in [5, 5.41) is 0. The van der Waals surface area contributed by atoms with Crippen LogP contribution in [0.15, 0.2) is 0 Å². The highest BCUT2D eigenvalue weighted by molar-refractivity contribution is 5.75. The van der Waals surface area contributed by atoms with Gasteiger partial charge in [0.05, 0.1) is 0 Å². The molecule has 2 rings (SSSR count). The Balaban J connectivity index is 1.62. The third-order valence-electron chi connectivity index (χ3n) is 3.92. The van der Waals surface area contributed by atoms with Crippen LogP contribution in [0.3, 0.4) is 0 Å². The van der Waals surface area contributed by atoms with Gasteiger partial charge in [-0.1, -0.05) is 0 Å². The zero-order valence-corrected chi connectivity index (χ0v) is 10.5. The van der Waals surface area contributed by atoms with E-state index in [0.29, 0.717) is 5.78 Å². The maximum Gasteiger partial charge on any atom is 0.129 e. The lowest BCUT2D eigenvalue weighted by molar-refractivity contribution is -0.117. The van der Waals surface area contributed by atoms with Crippen LogP contribution in [0.4, 0.5) is 0 Å². The van der Waals surface area contributed by atoms with Crippen molar-refractivity contribution in [2.24, 2.45) is 0 Å². The van der Waals surface area contributed by atoms with Crippen molar-refractivity contribution in [1.29, 1.82) is 0 Å². The van der Waals surface area contributed by atoms with Gasteiger partial charge >= 0.3 is 0 Å². The molecular formula is C13H24N2O. The Labute approximate surface area is 98.8 Å². The predicted molar refractivity (Wildman–Crippen MR) is 65.6 cm³/mol. The maximum absolute atomic E-state index is 10.8. The Morgan fingerprint density at radius 2 is 2.12 bits per heavy atom. The molecule has 2 aliphatic rings. The SMILES string of the molecule is CC(=O)CCCCN1CCN2CCCC2C1. The van der Waals surface area contributed by atoms with E-state index >= 15 is 0 Å². The zero-order chi connectivity index (χ0) is 11.4. The second-order valence-electron chi connectivity index (χ2n) is 5.29. The fraction of sp³-hybridized carbons (Fsp3) is 0.923. The summed E-state index contributed by atoms with van der Waals surface area (Å²) in [6, 6.07) is 0.835. The summed E-state index contributed by atoms with van der Waals surface area (Å²) < 4.78 is 0. The standard InChI is InChI=1S/C13H24N2O/c1-12(16)5-2-3-7-14-9-10-15-8-4-6-13(15)11-14/h13H,2-11H2,1H3. The van der Waals surface area contributed by atoms with Crippen LogP contribution >= 0.6 is 0 Å². The minimum Gasteiger partial charge on any atom is -0.301 e. The zero-order valence-electron chi connectivity index (χ0n) is 10.5. The van der Waals surface area contributed by atoms with Crippen molar-refractivity contribution in [2.75, 3.05) is 32.7 Å². The van der Waals surface area contributed by atoms with E-state index < -0.39 is 0 Å². The van der Waals surface area contributed by atoms with E-state index in [1.807, 2.05) is 0 Å². The molecule has 0 N–H and O–H groups in total. The molecule has 2 fully saturated rings. The lowest BCUT2D eigenvalue weighted by Crippen LogP contribution is -2.50. The van der Waals surface area contributed by atoms with Crippen molar-refractivity contribution in [2.45, 2.75) is 45.1 Å². The van der Waals surface area contributed by atoms with E-state index in [2.05, 4.69) is 9.80 Å². The number of nitrogens with zero attached hydrogens (tertiary/aromatic N) is 2. The number of carbonyl (C=O) groups is 1. The van der Waals surface area contributed by atoms with Gasteiger partial charge in [-0.15, -0.1) is 0 Å². The first-order valence-corrected chi connectivity index (χ1v) is 6.71. The smallest absolute Gasteiger partial charge is 0.129 e. The number of hydrogen-bond acceptors (Lipinski definition) is 3. The van der Waals surface area contributed by atoms with Crippen LogP contribution in [-0.4, -0.2) is 54.3 Å². The molecule has 16 heavy (non-hydrogen) atoms. The molecule has 92 valence electrons. The Hall–Kier alpha value is -0.410. The Morgan fingerprint density at radius 3 is 2.94 bits per heavy atom. The number of Topliss-reactive ketones (excluding diaryl/α,β-unsaturated/α-hetero) is 1. The normalized spacial score (nSPS) is 26.9. The molecule has 2 heterocycles. The molecule has 0 aliphatic carbocycles. The van der Waals surface area contributed by atoms with Crippen molar-refractivity contribution in [3.63, 3.8) is 0 Å². The lowest BCUT2D eigenvalue weighted by atomic mass is 10.1. The molecule has 0 radical (unpaired) electrons. The van der Waals surface area contributed by atoms with Crippen molar-refractivity contribution in [3.8, 4) is 0 Å². The second-order valence-corrected chi connectivity index (χ2v) is 5.29.